The molecule has 5 rings (SSSR count). The van der Waals surface area contributed by atoms with Crippen LogP contribution in [0.4, 0.5) is 5.69 Å². The van der Waals surface area contributed by atoms with Gasteiger partial charge in [0.1, 0.15) is 12.4 Å². The summed E-state index contributed by atoms with van der Waals surface area (Å²) in [6.45, 7) is 5.98. The first-order valence-corrected chi connectivity index (χ1v) is 14.0. The fourth-order valence-electron chi connectivity index (χ4n) is 5.66. The Hall–Kier alpha value is -3.89. The van der Waals surface area contributed by atoms with Crippen molar-refractivity contribution in [2.45, 2.75) is 58.7 Å². The third-order valence-electron chi connectivity index (χ3n) is 7.86. The van der Waals surface area contributed by atoms with E-state index in [1.54, 1.807) is 6.07 Å². The molecular formula is C35H38N2O2. The molecule has 0 bridgehead atoms. The third-order valence-corrected chi connectivity index (χ3v) is 7.86. The Labute approximate surface area is 232 Å². The van der Waals surface area contributed by atoms with Crippen LogP contribution in [0.1, 0.15) is 57.6 Å². The van der Waals surface area contributed by atoms with E-state index < -0.39 is 0 Å². The van der Waals surface area contributed by atoms with Crippen LogP contribution in [0.15, 0.2) is 91.0 Å². The molecule has 39 heavy (non-hydrogen) atoms. The van der Waals surface area contributed by atoms with Gasteiger partial charge in [-0.15, -0.1) is 0 Å². The molecule has 0 fully saturated rings. The van der Waals surface area contributed by atoms with Crippen molar-refractivity contribution in [1.82, 2.24) is 4.90 Å². The Kier molecular flexibility index (Phi) is 8.43. The van der Waals surface area contributed by atoms with Crippen LogP contribution in [0.5, 0.6) is 5.75 Å². The van der Waals surface area contributed by atoms with Gasteiger partial charge in [0.15, 0.2) is 5.78 Å². The van der Waals surface area contributed by atoms with E-state index in [9.17, 15) is 4.79 Å². The Morgan fingerprint density at radius 3 is 1.97 bits per heavy atom. The average molecular weight is 519 g/mol. The number of ether oxygens (including phenoxy) is 1. The number of nitrogens with zero attached hydrogens (tertiary/aromatic N) is 1. The minimum absolute atomic E-state index is 0.0756. The van der Waals surface area contributed by atoms with Gasteiger partial charge in [0, 0.05) is 18.2 Å². The van der Waals surface area contributed by atoms with E-state index in [2.05, 4.69) is 55.1 Å². The van der Waals surface area contributed by atoms with Crippen molar-refractivity contribution in [3.8, 4) is 5.75 Å². The van der Waals surface area contributed by atoms with Crippen LogP contribution in [-0.2, 0) is 38.8 Å². The number of ketones is 1. The molecule has 1 aliphatic rings. The van der Waals surface area contributed by atoms with Crippen LogP contribution in [-0.4, -0.2) is 23.3 Å². The number of carbonyl (C=O) groups is 1. The van der Waals surface area contributed by atoms with E-state index in [1.165, 1.54) is 27.8 Å². The zero-order chi connectivity index (χ0) is 27.2. The van der Waals surface area contributed by atoms with Crippen molar-refractivity contribution in [3.63, 3.8) is 0 Å². The molecule has 0 aromatic heterocycles. The number of anilines is 1. The summed E-state index contributed by atoms with van der Waals surface area (Å²) in [4.78, 5) is 15.9. The van der Waals surface area contributed by atoms with Gasteiger partial charge >= 0.3 is 0 Å². The molecule has 0 atom stereocenters. The van der Waals surface area contributed by atoms with Crippen molar-refractivity contribution in [2.75, 3.05) is 12.3 Å². The Balaban J connectivity index is 1.32. The lowest BCUT2D eigenvalue weighted by Crippen LogP contribution is -2.39. The molecule has 4 aromatic rings. The number of hydrogen-bond donors (Lipinski definition) is 1. The molecule has 4 nitrogen and oxygen atoms in total. The molecule has 0 unspecified atom stereocenters. The fraction of sp³-hybridized carbons (Fsp3) is 0.286. The van der Waals surface area contributed by atoms with Crippen molar-refractivity contribution < 1.29 is 9.53 Å². The summed E-state index contributed by atoms with van der Waals surface area (Å²) in [5.74, 6) is 0.674. The van der Waals surface area contributed by atoms with E-state index in [1.807, 2.05) is 48.5 Å². The summed E-state index contributed by atoms with van der Waals surface area (Å²) in [5, 5.41) is 0. The molecule has 2 N–H and O–H groups in total. The standard InChI is InChI=1S/C35H38N2O2/c1-3-27-17-30-19-32(20-31(30)18-28(27)4-2)37(22-25-11-7-5-8-12-25)23-34(38)29-15-16-35(33(36)21-29)39-24-26-13-9-6-10-14-26/h5-18,21,32H,3-4,19-20,22-24,36H2,1-2H3. The number of carbonyl (C=O) groups excluding carboxylic acids is 1. The average Bonchev–Trinajstić information content (AvgIpc) is 3.39. The number of nitrogens with two attached hydrogens (primary N) is 1. The van der Waals surface area contributed by atoms with E-state index in [0.717, 1.165) is 37.8 Å². The minimum Gasteiger partial charge on any atom is -0.487 e. The van der Waals surface area contributed by atoms with Crippen molar-refractivity contribution in [2.24, 2.45) is 0 Å². The van der Waals surface area contributed by atoms with Crippen molar-refractivity contribution >= 4 is 11.5 Å². The molecule has 0 saturated carbocycles. The van der Waals surface area contributed by atoms with Gasteiger partial charge in [-0.25, -0.2) is 0 Å². The molecule has 4 heteroatoms. The summed E-state index contributed by atoms with van der Waals surface area (Å²) in [6.07, 6.45) is 4.06. The lowest BCUT2D eigenvalue weighted by Gasteiger charge is -2.28. The van der Waals surface area contributed by atoms with Crippen LogP contribution >= 0.6 is 0 Å². The molecule has 0 saturated heterocycles. The normalized spacial score (nSPS) is 13.0. The number of aryl methyl sites for hydroxylation is 2. The second kappa shape index (κ2) is 12.3. The van der Waals surface area contributed by atoms with Gasteiger partial charge < -0.3 is 10.5 Å². The predicted molar refractivity (Wildman–Crippen MR) is 159 cm³/mol. The lowest BCUT2D eigenvalue weighted by molar-refractivity contribution is 0.0885. The van der Waals surface area contributed by atoms with E-state index >= 15 is 0 Å². The fourth-order valence-corrected chi connectivity index (χ4v) is 5.66. The highest BCUT2D eigenvalue weighted by atomic mass is 16.5. The van der Waals surface area contributed by atoms with Gasteiger partial charge in [-0.3, -0.25) is 9.69 Å². The van der Waals surface area contributed by atoms with Gasteiger partial charge in [-0.2, -0.15) is 0 Å². The molecule has 200 valence electrons. The van der Waals surface area contributed by atoms with Crippen LogP contribution in [0, 0.1) is 0 Å². The van der Waals surface area contributed by atoms with Gasteiger partial charge in [-0.1, -0.05) is 86.6 Å². The van der Waals surface area contributed by atoms with Crippen molar-refractivity contribution in [3.05, 3.63) is 130 Å². The second-order valence-corrected chi connectivity index (χ2v) is 10.5. The monoisotopic (exact) mass is 518 g/mol. The molecule has 0 spiro atoms. The molecule has 0 aliphatic heterocycles. The first kappa shape index (κ1) is 26.7. The first-order chi connectivity index (χ1) is 19.0. The van der Waals surface area contributed by atoms with E-state index in [4.69, 9.17) is 10.5 Å². The minimum atomic E-state index is 0.0756. The summed E-state index contributed by atoms with van der Waals surface area (Å²) in [5.41, 5.74) is 15.5. The summed E-state index contributed by atoms with van der Waals surface area (Å²) in [6, 6.07) is 30.9. The number of Topliss-reactive ketones (excluding diaryl/α,β-unsaturated/α-hetero) is 1. The Morgan fingerprint density at radius 2 is 1.41 bits per heavy atom. The number of rotatable bonds is 11. The van der Waals surface area contributed by atoms with Gasteiger partial charge in [-0.05, 0) is 77.3 Å². The quantitative estimate of drug-likeness (QED) is 0.175. The molecule has 4 aromatic carbocycles. The number of hydrogen-bond acceptors (Lipinski definition) is 4. The van der Waals surface area contributed by atoms with Crippen molar-refractivity contribution in [1.29, 1.82) is 0 Å². The van der Waals surface area contributed by atoms with Gasteiger partial charge in [0.05, 0.1) is 12.2 Å². The van der Waals surface area contributed by atoms with E-state index in [0.29, 0.717) is 30.2 Å². The number of nitrogen functional groups attached to an aromatic ring is 1. The largest absolute Gasteiger partial charge is 0.487 e. The molecule has 0 heterocycles. The Morgan fingerprint density at radius 1 is 0.821 bits per heavy atom. The van der Waals surface area contributed by atoms with Gasteiger partial charge in [0.25, 0.3) is 0 Å². The number of fused-ring (bicyclic) bond motifs is 1. The maximum atomic E-state index is 13.6. The molecule has 0 amide bonds. The zero-order valence-corrected chi connectivity index (χ0v) is 23.0. The molecule has 1 aliphatic carbocycles. The highest BCUT2D eigenvalue weighted by molar-refractivity contribution is 5.98. The van der Waals surface area contributed by atoms with Crippen LogP contribution in [0.25, 0.3) is 0 Å². The first-order valence-electron chi connectivity index (χ1n) is 14.0. The number of benzene rings is 4. The molecular weight excluding hydrogens is 480 g/mol. The van der Waals surface area contributed by atoms with Gasteiger partial charge in [0.2, 0.25) is 0 Å². The SMILES string of the molecule is CCc1cc2c(cc1CC)CC(N(CC(=O)c1ccc(OCc3ccccc3)c(N)c1)Cc1ccccc1)C2. The predicted octanol–water partition coefficient (Wildman–Crippen LogP) is 6.82. The maximum Gasteiger partial charge on any atom is 0.176 e. The third kappa shape index (κ3) is 6.40. The summed E-state index contributed by atoms with van der Waals surface area (Å²) in [7, 11) is 0. The lowest BCUT2D eigenvalue weighted by atomic mass is 9.97. The highest BCUT2D eigenvalue weighted by Crippen LogP contribution is 2.31. The Bertz CT molecular complexity index is 1380. The smallest absolute Gasteiger partial charge is 0.176 e. The summed E-state index contributed by atoms with van der Waals surface area (Å²) < 4.78 is 5.93. The van der Waals surface area contributed by atoms with Crippen LogP contribution in [0.2, 0.25) is 0 Å². The highest BCUT2D eigenvalue weighted by Gasteiger charge is 2.29. The summed E-state index contributed by atoms with van der Waals surface area (Å²) >= 11 is 0. The molecule has 0 radical (unpaired) electrons. The van der Waals surface area contributed by atoms with Crippen LogP contribution in [0.3, 0.4) is 0 Å². The zero-order valence-electron chi connectivity index (χ0n) is 23.0. The topological polar surface area (TPSA) is 55.6 Å². The van der Waals surface area contributed by atoms with E-state index in [-0.39, 0.29) is 11.8 Å². The maximum absolute atomic E-state index is 13.6. The van der Waals surface area contributed by atoms with Crippen LogP contribution < -0.4 is 10.5 Å². The second-order valence-electron chi connectivity index (χ2n) is 10.5.